The third-order valence-electron chi connectivity index (χ3n) is 4.04. The number of benzene rings is 2. The number of aromatic nitrogens is 3. The number of hydrogen-bond donors (Lipinski definition) is 1. The molecular formula is C19H17BrN4O2S. The molecule has 0 saturated carbocycles. The van der Waals surface area contributed by atoms with Crippen LogP contribution in [0.2, 0.25) is 0 Å². The Balaban J connectivity index is 1.82. The fourth-order valence-electron chi connectivity index (χ4n) is 2.84. The summed E-state index contributed by atoms with van der Waals surface area (Å²) in [5.74, 6) is 1.25. The van der Waals surface area contributed by atoms with Gasteiger partial charge in [-0.2, -0.15) is 4.98 Å². The highest BCUT2D eigenvalue weighted by Gasteiger charge is 2.26. The summed E-state index contributed by atoms with van der Waals surface area (Å²) in [4.78, 5) is 4.54. The standard InChI is InChI=1S/C19H17BrN4O2S/c1-3-25-13-6-4-5-11(9-13)17-21-15-8-7-12(20)10-14(15)16-18(26-17)22-19(27-2)24-23-16/h4-10,17,21H,3H2,1-2H3/t17-/m0/s1. The molecule has 1 aliphatic rings. The van der Waals surface area contributed by atoms with Crippen LogP contribution in [0.1, 0.15) is 18.7 Å². The molecule has 8 heteroatoms. The molecule has 0 fully saturated rings. The molecule has 2 aromatic carbocycles. The molecule has 27 heavy (non-hydrogen) atoms. The Bertz CT molecular complexity index is 986. The van der Waals surface area contributed by atoms with Crippen molar-refractivity contribution in [3.63, 3.8) is 0 Å². The van der Waals surface area contributed by atoms with Crippen molar-refractivity contribution in [3.8, 4) is 22.9 Å². The molecule has 0 aliphatic carbocycles. The van der Waals surface area contributed by atoms with E-state index in [0.717, 1.165) is 27.0 Å². The van der Waals surface area contributed by atoms with Crippen molar-refractivity contribution < 1.29 is 9.47 Å². The molecule has 1 aliphatic heterocycles. The largest absolute Gasteiger partial charge is 0.494 e. The Labute approximate surface area is 169 Å². The van der Waals surface area contributed by atoms with Crippen molar-refractivity contribution in [3.05, 3.63) is 52.5 Å². The maximum atomic E-state index is 6.23. The van der Waals surface area contributed by atoms with Crippen LogP contribution in [0, 0.1) is 0 Å². The van der Waals surface area contributed by atoms with Crippen molar-refractivity contribution in [1.29, 1.82) is 0 Å². The smallest absolute Gasteiger partial charge is 0.247 e. The lowest BCUT2D eigenvalue weighted by Gasteiger charge is -2.20. The van der Waals surface area contributed by atoms with Crippen molar-refractivity contribution >= 4 is 33.4 Å². The predicted octanol–water partition coefficient (Wildman–Crippen LogP) is 4.92. The molecule has 0 radical (unpaired) electrons. The molecule has 0 spiro atoms. The maximum absolute atomic E-state index is 6.23. The van der Waals surface area contributed by atoms with Crippen LogP contribution in [0.5, 0.6) is 11.6 Å². The maximum Gasteiger partial charge on any atom is 0.247 e. The lowest BCUT2D eigenvalue weighted by molar-refractivity contribution is 0.224. The molecule has 0 unspecified atom stereocenters. The highest BCUT2D eigenvalue weighted by Crippen LogP contribution is 2.41. The number of nitrogens with zero attached hydrogens (tertiary/aromatic N) is 3. The first-order chi connectivity index (χ1) is 13.2. The van der Waals surface area contributed by atoms with Crippen LogP contribution in [0.4, 0.5) is 5.69 Å². The average molecular weight is 445 g/mol. The van der Waals surface area contributed by atoms with Gasteiger partial charge in [0.1, 0.15) is 5.75 Å². The van der Waals surface area contributed by atoms with E-state index in [9.17, 15) is 0 Å². The number of thioether (sulfide) groups is 1. The number of anilines is 1. The van der Waals surface area contributed by atoms with Gasteiger partial charge >= 0.3 is 0 Å². The minimum absolute atomic E-state index is 0.432. The zero-order valence-corrected chi connectivity index (χ0v) is 17.2. The van der Waals surface area contributed by atoms with E-state index in [1.807, 2.05) is 55.6 Å². The highest BCUT2D eigenvalue weighted by atomic mass is 79.9. The van der Waals surface area contributed by atoms with Crippen LogP contribution in [0.15, 0.2) is 52.1 Å². The Morgan fingerprint density at radius 3 is 2.93 bits per heavy atom. The number of hydrogen-bond acceptors (Lipinski definition) is 7. The lowest BCUT2D eigenvalue weighted by Crippen LogP contribution is -2.17. The van der Waals surface area contributed by atoms with Gasteiger partial charge in [-0.25, -0.2) is 0 Å². The van der Waals surface area contributed by atoms with Crippen molar-refractivity contribution in [2.45, 2.75) is 18.3 Å². The monoisotopic (exact) mass is 444 g/mol. The van der Waals surface area contributed by atoms with E-state index in [2.05, 4.69) is 36.4 Å². The minimum Gasteiger partial charge on any atom is -0.494 e. The summed E-state index contributed by atoms with van der Waals surface area (Å²) < 4.78 is 12.8. The van der Waals surface area contributed by atoms with Gasteiger partial charge in [0, 0.05) is 21.3 Å². The summed E-state index contributed by atoms with van der Waals surface area (Å²) in [6.45, 7) is 2.57. The van der Waals surface area contributed by atoms with Gasteiger partial charge in [0.05, 0.1) is 6.61 Å². The molecule has 1 atom stereocenters. The predicted molar refractivity (Wildman–Crippen MR) is 109 cm³/mol. The second-order valence-corrected chi connectivity index (χ2v) is 7.48. The zero-order valence-electron chi connectivity index (χ0n) is 14.8. The SMILES string of the molecule is CCOc1cccc([C@H]2Nc3ccc(Br)cc3-c3nnc(SC)nc3O2)c1. The van der Waals surface area contributed by atoms with E-state index in [0.29, 0.717) is 23.3 Å². The Morgan fingerprint density at radius 1 is 1.22 bits per heavy atom. The zero-order chi connectivity index (χ0) is 18.8. The highest BCUT2D eigenvalue weighted by molar-refractivity contribution is 9.10. The molecule has 3 aromatic rings. The van der Waals surface area contributed by atoms with Gasteiger partial charge in [-0.1, -0.05) is 39.8 Å². The normalized spacial score (nSPS) is 15.0. The molecule has 6 nitrogen and oxygen atoms in total. The van der Waals surface area contributed by atoms with Gasteiger partial charge in [0.15, 0.2) is 11.9 Å². The minimum atomic E-state index is -0.432. The molecule has 0 saturated heterocycles. The topological polar surface area (TPSA) is 69.2 Å². The van der Waals surface area contributed by atoms with Gasteiger partial charge in [0.25, 0.3) is 0 Å². The number of fused-ring (bicyclic) bond motifs is 3. The third-order valence-corrected chi connectivity index (χ3v) is 5.07. The van der Waals surface area contributed by atoms with Gasteiger partial charge in [-0.05, 0) is 43.5 Å². The van der Waals surface area contributed by atoms with Crippen LogP contribution in [-0.2, 0) is 0 Å². The van der Waals surface area contributed by atoms with E-state index in [1.54, 1.807) is 0 Å². The number of rotatable bonds is 4. The molecule has 0 bridgehead atoms. The van der Waals surface area contributed by atoms with Crippen LogP contribution in [-0.4, -0.2) is 28.0 Å². The van der Waals surface area contributed by atoms with Crippen molar-refractivity contribution in [2.24, 2.45) is 0 Å². The summed E-state index contributed by atoms with van der Waals surface area (Å²) in [6.07, 6.45) is 1.48. The molecule has 0 amide bonds. The lowest BCUT2D eigenvalue weighted by atomic mass is 10.1. The molecule has 2 heterocycles. The molecule has 138 valence electrons. The molecule has 4 rings (SSSR count). The molecule has 1 aromatic heterocycles. The van der Waals surface area contributed by atoms with Crippen molar-refractivity contribution in [1.82, 2.24) is 15.2 Å². The first kappa shape index (κ1) is 18.1. The van der Waals surface area contributed by atoms with Crippen LogP contribution < -0.4 is 14.8 Å². The summed E-state index contributed by atoms with van der Waals surface area (Å²) in [5.41, 5.74) is 3.33. The van der Waals surface area contributed by atoms with Crippen molar-refractivity contribution in [2.75, 3.05) is 18.2 Å². The fraction of sp³-hybridized carbons (Fsp3) is 0.211. The fourth-order valence-corrected chi connectivity index (χ4v) is 3.50. The first-order valence-corrected chi connectivity index (χ1v) is 10.4. The van der Waals surface area contributed by atoms with Crippen LogP contribution in [0.25, 0.3) is 11.3 Å². The van der Waals surface area contributed by atoms with E-state index < -0.39 is 6.23 Å². The quantitative estimate of drug-likeness (QED) is 0.572. The van der Waals surface area contributed by atoms with E-state index in [1.165, 1.54) is 11.8 Å². The van der Waals surface area contributed by atoms with Gasteiger partial charge in [0.2, 0.25) is 11.0 Å². The summed E-state index contributed by atoms with van der Waals surface area (Å²) in [6, 6.07) is 13.8. The second-order valence-electron chi connectivity index (χ2n) is 5.79. The number of nitrogens with one attached hydrogen (secondary N) is 1. The van der Waals surface area contributed by atoms with Gasteiger partial charge in [-0.15, -0.1) is 10.2 Å². The van der Waals surface area contributed by atoms with E-state index in [-0.39, 0.29) is 0 Å². The summed E-state index contributed by atoms with van der Waals surface area (Å²) >= 11 is 4.95. The van der Waals surface area contributed by atoms with Crippen LogP contribution >= 0.6 is 27.7 Å². The Kier molecular flexibility index (Phi) is 5.18. The van der Waals surface area contributed by atoms with Crippen LogP contribution in [0.3, 0.4) is 0 Å². The second kappa shape index (κ2) is 7.74. The first-order valence-electron chi connectivity index (χ1n) is 8.42. The van der Waals surface area contributed by atoms with Gasteiger partial charge < -0.3 is 14.8 Å². The molecule has 1 N–H and O–H groups in total. The third kappa shape index (κ3) is 3.72. The Hall–Kier alpha value is -2.32. The average Bonchev–Trinajstić information content (AvgIpc) is 2.84. The van der Waals surface area contributed by atoms with Gasteiger partial charge in [-0.3, -0.25) is 0 Å². The van der Waals surface area contributed by atoms with E-state index >= 15 is 0 Å². The number of halogens is 1. The summed E-state index contributed by atoms with van der Waals surface area (Å²) in [5, 5.41) is 12.5. The molecular weight excluding hydrogens is 428 g/mol. The van der Waals surface area contributed by atoms with E-state index in [4.69, 9.17) is 9.47 Å². The number of ether oxygens (including phenoxy) is 2. The summed E-state index contributed by atoms with van der Waals surface area (Å²) in [7, 11) is 0. The Morgan fingerprint density at radius 2 is 2.11 bits per heavy atom.